The lowest BCUT2D eigenvalue weighted by Gasteiger charge is -2.11. The molecule has 21 heavy (non-hydrogen) atoms. The molecule has 8 nitrogen and oxygen atoms in total. The minimum atomic E-state index is -1.10. The number of aliphatic carboxylic acids is 1. The molecule has 0 bridgehead atoms. The summed E-state index contributed by atoms with van der Waals surface area (Å²) >= 11 is 0. The molecule has 0 radical (unpaired) electrons. The number of aromatic nitrogens is 1. The van der Waals surface area contributed by atoms with Gasteiger partial charge in [-0.15, -0.1) is 0 Å². The van der Waals surface area contributed by atoms with Crippen LogP contribution in [0, 0.1) is 0 Å². The molecule has 0 aliphatic carbocycles. The predicted octanol–water partition coefficient (Wildman–Crippen LogP) is 1.46. The van der Waals surface area contributed by atoms with Crippen LogP contribution in [-0.4, -0.2) is 28.9 Å². The first-order valence-corrected chi connectivity index (χ1v) is 6.03. The summed E-state index contributed by atoms with van der Waals surface area (Å²) in [5, 5.41) is 17.2. The summed E-state index contributed by atoms with van der Waals surface area (Å²) in [5.74, 6) is -0.310. The lowest BCUT2D eigenvalue weighted by atomic mass is 10.3. The van der Waals surface area contributed by atoms with Crippen molar-refractivity contribution < 1.29 is 24.0 Å². The number of carbonyl (C=O) groups excluding carboxylic acids is 1. The van der Waals surface area contributed by atoms with E-state index >= 15 is 0 Å². The van der Waals surface area contributed by atoms with Crippen molar-refractivity contribution in [2.24, 2.45) is 0 Å². The smallest absolute Gasteiger partial charge is 0.341 e. The van der Waals surface area contributed by atoms with Crippen LogP contribution in [0.2, 0.25) is 0 Å². The van der Waals surface area contributed by atoms with Crippen molar-refractivity contribution in [3.05, 3.63) is 42.3 Å². The normalized spacial score (nSPS) is 9.90. The largest absolute Gasteiger partial charge is 0.480 e. The van der Waals surface area contributed by atoms with Crippen LogP contribution in [0.3, 0.4) is 0 Å². The van der Waals surface area contributed by atoms with E-state index in [0.29, 0.717) is 11.4 Å². The number of urea groups is 1. The zero-order valence-electron chi connectivity index (χ0n) is 10.9. The molecule has 2 rings (SSSR count). The summed E-state index contributed by atoms with van der Waals surface area (Å²) in [6.07, 6.45) is 1.48. The number of carboxylic acids is 1. The zero-order chi connectivity index (χ0) is 15.1. The van der Waals surface area contributed by atoms with Crippen LogP contribution >= 0.6 is 0 Å². The van der Waals surface area contributed by atoms with Crippen molar-refractivity contribution in [3.8, 4) is 5.75 Å². The van der Waals surface area contributed by atoms with Gasteiger partial charge in [-0.3, -0.25) is 0 Å². The fourth-order valence-electron chi connectivity index (χ4n) is 1.50. The number of rotatable bonds is 6. The Morgan fingerprint density at radius 2 is 2.10 bits per heavy atom. The molecule has 8 heteroatoms. The van der Waals surface area contributed by atoms with Gasteiger partial charge in [0.2, 0.25) is 0 Å². The van der Waals surface area contributed by atoms with Gasteiger partial charge in [-0.1, -0.05) is 17.3 Å². The number of carbonyl (C=O) groups is 2. The molecule has 1 aromatic carbocycles. The van der Waals surface area contributed by atoms with E-state index in [1.165, 1.54) is 6.20 Å². The van der Waals surface area contributed by atoms with Crippen LogP contribution < -0.4 is 15.4 Å². The van der Waals surface area contributed by atoms with Gasteiger partial charge < -0.3 is 25.0 Å². The van der Waals surface area contributed by atoms with E-state index in [-0.39, 0.29) is 12.3 Å². The fourth-order valence-corrected chi connectivity index (χ4v) is 1.50. The lowest BCUT2D eigenvalue weighted by molar-refractivity contribution is -0.139. The van der Waals surface area contributed by atoms with Gasteiger partial charge in [-0.05, 0) is 12.1 Å². The Morgan fingerprint density at radius 3 is 2.81 bits per heavy atom. The van der Waals surface area contributed by atoms with Crippen LogP contribution in [0.5, 0.6) is 5.75 Å². The molecule has 1 heterocycles. The number of benzene rings is 1. The van der Waals surface area contributed by atoms with E-state index in [1.807, 2.05) is 0 Å². The lowest BCUT2D eigenvalue weighted by Crippen LogP contribution is -2.28. The average Bonchev–Trinajstić information content (AvgIpc) is 2.97. The molecule has 0 saturated heterocycles. The van der Waals surface area contributed by atoms with Crippen LogP contribution in [-0.2, 0) is 11.3 Å². The van der Waals surface area contributed by atoms with Gasteiger partial charge in [-0.2, -0.15) is 0 Å². The summed E-state index contributed by atoms with van der Waals surface area (Å²) in [6, 6.07) is 7.69. The van der Waals surface area contributed by atoms with Crippen LogP contribution in [0.25, 0.3) is 0 Å². The number of para-hydroxylation sites is 2. The Labute approximate surface area is 119 Å². The van der Waals surface area contributed by atoms with Gasteiger partial charge in [0.15, 0.2) is 12.4 Å². The van der Waals surface area contributed by atoms with Crippen LogP contribution in [0.4, 0.5) is 10.5 Å². The molecule has 0 atom stereocenters. The highest BCUT2D eigenvalue weighted by molar-refractivity contribution is 5.90. The zero-order valence-corrected chi connectivity index (χ0v) is 10.9. The number of amides is 2. The van der Waals surface area contributed by atoms with Gasteiger partial charge in [0, 0.05) is 6.07 Å². The average molecular weight is 291 g/mol. The second kappa shape index (κ2) is 6.94. The number of nitrogens with zero attached hydrogens (tertiary/aromatic N) is 1. The fraction of sp³-hybridized carbons (Fsp3) is 0.154. The maximum absolute atomic E-state index is 11.7. The molecular formula is C13H13N3O5. The first-order valence-electron chi connectivity index (χ1n) is 6.03. The predicted molar refractivity (Wildman–Crippen MR) is 71.9 cm³/mol. The molecule has 1 aromatic heterocycles. The van der Waals surface area contributed by atoms with E-state index in [4.69, 9.17) is 14.4 Å². The van der Waals surface area contributed by atoms with Gasteiger partial charge in [0.1, 0.15) is 5.75 Å². The number of carboxylic acid groups (broad SMARTS) is 1. The van der Waals surface area contributed by atoms with Crippen molar-refractivity contribution in [2.75, 3.05) is 11.9 Å². The SMILES string of the molecule is O=C(O)COc1ccccc1NC(=O)NCc1ccno1. The third-order valence-corrected chi connectivity index (χ3v) is 2.40. The van der Waals surface area contributed by atoms with E-state index in [9.17, 15) is 9.59 Å². The Bertz CT molecular complexity index is 612. The highest BCUT2D eigenvalue weighted by atomic mass is 16.5. The second-order valence-electron chi connectivity index (χ2n) is 3.96. The van der Waals surface area contributed by atoms with Gasteiger partial charge in [0.05, 0.1) is 18.4 Å². The summed E-state index contributed by atoms with van der Waals surface area (Å²) in [5.41, 5.74) is 0.369. The minimum absolute atomic E-state index is 0.185. The minimum Gasteiger partial charge on any atom is -0.480 e. The molecule has 0 aliphatic rings. The first-order chi connectivity index (χ1) is 10.1. The van der Waals surface area contributed by atoms with E-state index in [0.717, 1.165) is 0 Å². The van der Waals surface area contributed by atoms with Gasteiger partial charge >= 0.3 is 12.0 Å². The van der Waals surface area contributed by atoms with Crippen LogP contribution in [0.15, 0.2) is 41.1 Å². The molecule has 2 amide bonds. The van der Waals surface area contributed by atoms with Crippen molar-refractivity contribution in [1.82, 2.24) is 10.5 Å². The molecule has 3 N–H and O–H groups in total. The molecule has 110 valence electrons. The summed E-state index contributed by atoms with van der Waals surface area (Å²) < 4.78 is 9.92. The summed E-state index contributed by atoms with van der Waals surface area (Å²) in [4.78, 5) is 22.2. The van der Waals surface area contributed by atoms with Gasteiger partial charge in [-0.25, -0.2) is 9.59 Å². The van der Waals surface area contributed by atoms with Crippen molar-refractivity contribution in [1.29, 1.82) is 0 Å². The van der Waals surface area contributed by atoms with Crippen molar-refractivity contribution >= 4 is 17.7 Å². The molecule has 0 spiro atoms. The van der Waals surface area contributed by atoms with Crippen LogP contribution in [0.1, 0.15) is 5.76 Å². The molecule has 0 saturated carbocycles. The van der Waals surface area contributed by atoms with E-state index in [2.05, 4.69) is 15.8 Å². The number of anilines is 1. The number of hydrogen-bond donors (Lipinski definition) is 3. The van der Waals surface area contributed by atoms with E-state index < -0.39 is 18.6 Å². The molecule has 0 aliphatic heterocycles. The third kappa shape index (κ3) is 4.53. The quantitative estimate of drug-likeness (QED) is 0.742. The molecule has 2 aromatic rings. The van der Waals surface area contributed by atoms with Crippen molar-refractivity contribution in [2.45, 2.75) is 6.54 Å². The summed E-state index contributed by atoms with van der Waals surface area (Å²) in [7, 11) is 0. The highest BCUT2D eigenvalue weighted by Crippen LogP contribution is 2.23. The molecular weight excluding hydrogens is 278 g/mol. The third-order valence-electron chi connectivity index (χ3n) is 2.40. The highest BCUT2D eigenvalue weighted by Gasteiger charge is 2.09. The Kier molecular flexibility index (Phi) is 4.75. The Morgan fingerprint density at radius 1 is 1.29 bits per heavy atom. The summed E-state index contributed by atoms with van der Waals surface area (Å²) in [6.45, 7) is -0.303. The number of hydrogen-bond acceptors (Lipinski definition) is 5. The number of nitrogens with one attached hydrogen (secondary N) is 2. The second-order valence-corrected chi connectivity index (χ2v) is 3.96. The molecule has 0 fully saturated rings. The maximum Gasteiger partial charge on any atom is 0.341 e. The Balaban J connectivity index is 1.92. The first kappa shape index (κ1) is 14.4. The standard InChI is InChI=1S/C13H13N3O5/c17-12(18)8-20-11-4-2-1-3-10(11)16-13(19)14-7-9-5-6-15-21-9/h1-6H,7-8H2,(H,17,18)(H2,14,16,19). The topological polar surface area (TPSA) is 114 Å². The van der Waals surface area contributed by atoms with Gasteiger partial charge in [0.25, 0.3) is 0 Å². The Hall–Kier alpha value is -3.03. The maximum atomic E-state index is 11.7. The number of ether oxygens (including phenoxy) is 1. The van der Waals surface area contributed by atoms with E-state index in [1.54, 1.807) is 30.3 Å². The van der Waals surface area contributed by atoms with Crippen molar-refractivity contribution in [3.63, 3.8) is 0 Å². The molecule has 0 unspecified atom stereocenters. The monoisotopic (exact) mass is 291 g/mol.